The number of carbonyl (C=O) groups excluding carboxylic acids is 2. The normalized spacial score (nSPS) is 19.6. The molecule has 3 aliphatic heterocycles. The second-order valence-corrected chi connectivity index (χ2v) is 12.3. The van der Waals surface area contributed by atoms with Crippen molar-refractivity contribution in [3.63, 3.8) is 0 Å². The van der Waals surface area contributed by atoms with Crippen LogP contribution in [0.5, 0.6) is 5.75 Å². The smallest absolute Gasteiger partial charge is 0.410 e. The first kappa shape index (κ1) is 25.8. The Morgan fingerprint density at radius 2 is 1.93 bits per heavy atom. The number of ether oxygens (including phenoxy) is 2. The van der Waals surface area contributed by atoms with Gasteiger partial charge in [-0.25, -0.2) is 14.8 Å². The molecule has 1 saturated carbocycles. The molecule has 41 heavy (non-hydrogen) atoms. The van der Waals surface area contributed by atoms with E-state index in [1.165, 1.54) is 0 Å². The number of anilines is 1. The van der Waals surface area contributed by atoms with Gasteiger partial charge in [0, 0.05) is 43.2 Å². The number of imidazole rings is 1. The van der Waals surface area contributed by atoms with Crippen molar-refractivity contribution in [1.29, 1.82) is 0 Å². The highest BCUT2D eigenvalue weighted by Gasteiger charge is 2.37. The molecule has 11 nitrogen and oxygen atoms in total. The zero-order valence-corrected chi connectivity index (χ0v) is 23.7. The van der Waals surface area contributed by atoms with Crippen LogP contribution in [0.1, 0.15) is 57.0 Å². The summed E-state index contributed by atoms with van der Waals surface area (Å²) in [7, 11) is 0. The van der Waals surface area contributed by atoms with Gasteiger partial charge in [0.15, 0.2) is 0 Å². The molecule has 5 heterocycles. The molecule has 7 rings (SSSR count). The maximum absolute atomic E-state index is 12.9. The molecule has 0 spiro atoms. The number of hydrogen-bond donors (Lipinski definition) is 1. The molecule has 0 unspecified atom stereocenters. The molecule has 1 atom stereocenters. The minimum atomic E-state index is -0.586. The average Bonchev–Trinajstić information content (AvgIpc) is 3.25. The second kappa shape index (κ2) is 9.74. The van der Waals surface area contributed by atoms with Crippen molar-refractivity contribution in [2.75, 3.05) is 25.0 Å². The van der Waals surface area contributed by atoms with E-state index in [-0.39, 0.29) is 24.0 Å². The van der Waals surface area contributed by atoms with E-state index in [1.807, 2.05) is 48.4 Å². The van der Waals surface area contributed by atoms with Crippen LogP contribution in [0.3, 0.4) is 0 Å². The Morgan fingerprint density at radius 3 is 2.73 bits per heavy atom. The van der Waals surface area contributed by atoms with Crippen LogP contribution in [0.4, 0.5) is 10.7 Å². The lowest BCUT2D eigenvalue weighted by Gasteiger charge is -2.24. The number of aromatic nitrogens is 4. The lowest BCUT2D eigenvalue weighted by atomic mass is 10.1. The molecule has 11 heteroatoms. The fourth-order valence-electron chi connectivity index (χ4n) is 5.82. The lowest BCUT2D eigenvalue weighted by molar-refractivity contribution is -0.131. The summed E-state index contributed by atoms with van der Waals surface area (Å²) < 4.78 is 13.4. The fourth-order valence-corrected chi connectivity index (χ4v) is 5.82. The van der Waals surface area contributed by atoms with Gasteiger partial charge in [-0.15, -0.1) is 0 Å². The summed E-state index contributed by atoms with van der Waals surface area (Å²) in [5.41, 5.74) is 3.25. The average molecular weight is 558 g/mol. The molecule has 4 aliphatic rings. The van der Waals surface area contributed by atoms with Gasteiger partial charge in [0.2, 0.25) is 11.9 Å². The van der Waals surface area contributed by atoms with Gasteiger partial charge in [0.25, 0.3) is 0 Å². The standard InChI is InChI=1S/C30H35N7O4/c1-30(2,3)41-29(39)36-16-22-23(17-36)37(26(33-22)20-6-7-24-19(14-20)10-13-40-24)25-8-11-31-28(34-25)32-21-9-12-35(15-21)27(38)18-4-5-18/h6-8,11,14,18,21H,4-5,9-10,12-13,15-17H2,1-3H3,(H,31,32,34)/t21-/m0/s1. The molecule has 1 aromatic carbocycles. The number of likely N-dealkylation sites (tertiary alicyclic amines) is 1. The Morgan fingerprint density at radius 1 is 1.07 bits per heavy atom. The Bertz CT molecular complexity index is 1520. The molecule has 1 saturated heterocycles. The molecule has 0 radical (unpaired) electrons. The van der Waals surface area contributed by atoms with Crippen molar-refractivity contribution in [1.82, 2.24) is 29.3 Å². The third-order valence-corrected chi connectivity index (χ3v) is 7.97. The van der Waals surface area contributed by atoms with E-state index in [0.29, 0.717) is 38.0 Å². The van der Waals surface area contributed by atoms with E-state index in [0.717, 1.165) is 66.3 Å². The first-order chi connectivity index (χ1) is 19.7. The van der Waals surface area contributed by atoms with Gasteiger partial charge < -0.3 is 19.7 Å². The van der Waals surface area contributed by atoms with E-state index in [1.54, 1.807) is 11.1 Å². The van der Waals surface area contributed by atoms with Crippen LogP contribution < -0.4 is 10.1 Å². The molecule has 1 aliphatic carbocycles. The van der Waals surface area contributed by atoms with Gasteiger partial charge in [-0.1, -0.05) is 0 Å². The highest BCUT2D eigenvalue weighted by atomic mass is 16.6. The van der Waals surface area contributed by atoms with E-state index >= 15 is 0 Å². The Balaban J connectivity index is 1.19. The third-order valence-electron chi connectivity index (χ3n) is 7.97. The summed E-state index contributed by atoms with van der Waals surface area (Å²) in [4.78, 5) is 43.5. The summed E-state index contributed by atoms with van der Waals surface area (Å²) in [6, 6.07) is 8.11. The fraction of sp³-hybridized carbons (Fsp3) is 0.500. The van der Waals surface area contributed by atoms with E-state index < -0.39 is 5.60 Å². The number of fused-ring (bicyclic) bond motifs is 2. The zero-order valence-electron chi connectivity index (χ0n) is 23.7. The molecular weight excluding hydrogens is 522 g/mol. The first-order valence-electron chi connectivity index (χ1n) is 14.4. The van der Waals surface area contributed by atoms with Crippen LogP contribution in [0.2, 0.25) is 0 Å². The lowest BCUT2D eigenvalue weighted by Crippen LogP contribution is -2.33. The zero-order chi connectivity index (χ0) is 28.3. The predicted molar refractivity (Wildman–Crippen MR) is 151 cm³/mol. The highest BCUT2D eigenvalue weighted by Crippen LogP contribution is 2.36. The Labute approximate surface area is 238 Å². The molecule has 3 aromatic rings. The number of nitrogens with one attached hydrogen (secondary N) is 1. The number of nitrogens with zero attached hydrogens (tertiary/aromatic N) is 6. The van der Waals surface area contributed by atoms with Gasteiger partial charge in [-0.3, -0.25) is 14.3 Å². The van der Waals surface area contributed by atoms with Crippen LogP contribution in [-0.4, -0.2) is 72.7 Å². The highest BCUT2D eigenvalue weighted by molar-refractivity contribution is 5.81. The van der Waals surface area contributed by atoms with Crippen molar-refractivity contribution >= 4 is 17.9 Å². The minimum absolute atomic E-state index is 0.0975. The summed E-state index contributed by atoms with van der Waals surface area (Å²) in [5, 5.41) is 3.45. The molecule has 1 N–H and O–H groups in total. The van der Waals surface area contributed by atoms with Crippen LogP contribution in [0, 0.1) is 5.92 Å². The van der Waals surface area contributed by atoms with E-state index in [2.05, 4.69) is 16.4 Å². The maximum atomic E-state index is 12.9. The van der Waals surface area contributed by atoms with Crippen molar-refractivity contribution in [3.8, 4) is 23.0 Å². The van der Waals surface area contributed by atoms with Crippen molar-refractivity contribution in [3.05, 3.63) is 47.4 Å². The largest absolute Gasteiger partial charge is 0.493 e. The SMILES string of the molecule is CC(C)(C)OC(=O)N1Cc2nc(-c3ccc4c(c3)CCO4)n(-c3ccnc(N[C@H]4CCN(C(=O)C5CC5)C4)n3)c2C1. The summed E-state index contributed by atoms with van der Waals surface area (Å²) >= 11 is 0. The number of rotatable bonds is 5. The molecule has 2 aromatic heterocycles. The van der Waals surface area contributed by atoms with Gasteiger partial charge in [-0.2, -0.15) is 4.98 Å². The molecule has 214 valence electrons. The van der Waals surface area contributed by atoms with Gasteiger partial charge in [0.05, 0.1) is 31.1 Å². The van der Waals surface area contributed by atoms with Gasteiger partial charge in [0.1, 0.15) is 23.0 Å². The number of carbonyl (C=O) groups is 2. The Kier molecular flexibility index (Phi) is 6.13. The predicted octanol–water partition coefficient (Wildman–Crippen LogP) is 3.94. The topological polar surface area (TPSA) is 115 Å². The Hall–Kier alpha value is -4.15. The third kappa shape index (κ3) is 5.09. The van der Waals surface area contributed by atoms with Crippen LogP contribution in [-0.2, 0) is 29.0 Å². The van der Waals surface area contributed by atoms with E-state index in [4.69, 9.17) is 19.4 Å². The number of hydrogen-bond acceptors (Lipinski definition) is 8. The molecule has 2 fully saturated rings. The quantitative estimate of drug-likeness (QED) is 0.502. The maximum Gasteiger partial charge on any atom is 0.410 e. The first-order valence-corrected chi connectivity index (χ1v) is 14.4. The summed E-state index contributed by atoms with van der Waals surface area (Å²) in [6.45, 7) is 8.42. The monoisotopic (exact) mass is 557 g/mol. The molecule has 2 amide bonds. The molecular formula is C30H35N7O4. The second-order valence-electron chi connectivity index (χ2n) is 12.3. The van der Waals surface area contributed by atoms with Crippen LogP contribution in [0.25, 0.3) is 17.2 Å². The number of benzene rings is 1. The van der Waals surface area contributed by atoms with Gasteiger partial charge in [-0.05, 0) is 69.9 Å². The van der Waals surface area contributed by atoms with Crippen LogP contribution in [0.15, 0.2) is 30.5 Å². The van der Waals surface area contributed by atoms with Crippen molar-refractivity contribution in [2.24, 2.45) is 5.92 Å². The molecule has 0 bridgehead atoms. The summed E-state index contributed by atoms with van der Waals surface area (Å²) in [5.74, 6) is 3.34. The summed E-state index contributed by atoms with van der Waals surface area (Å²) in [6.07, 6.45) is 5.12. The van der Waals surface area contributed by atoms with Crippen molar-refractivity contribution in [2.45, 2.75) is 71.2 Å². The minimum Gasteiger partial charge on any atom is -0.493 e. The van der Waals surface area contributed by atoms with Crippen molar-refractivity contribution < 1.29 is 19.1 Å². The van der Waals surface area contributed by atoms with E-state index in [9.17, 15) is 9.59 Å². The van der Waals surface area contributed by atoms with Gasteiger partial charge >= 0.3 is 6.09 Å². The number of amides is 2. The van der Waals surface area contributed by atoms with Crippen LogP contribution >= 0.6 is 0 Å².